The number of aryl methyl sites for hydroxylation is 1. The van der Waals surface area contributed by atoms with E-state index in [0.29, 0.717) is 6.61 Å². The molecule has 1 heterocycles. The number of aromatic nitrogens is 1. The smallest absolute Gasteiger partial charge is 0.134 e. The zero-order valence-electron chi connectivity index (χ0n) is 12.9. The van der Waals surface area contributed by atoms with Crippen LogP contribution in [0, 0.1) is 0 Å². The van der Waals surface area contributed by atoms with Crippen molar-refractivity contribution in [3.63, 3.8) is 0 Å². The molecule has 0 spiro atoms. The Morgan fingerprint density at radius 3 is 2.65 bits per heavy atom. The Hall–Kier alpha value is -2.06. The molecule has 0 amide bonds. The normalized spacial score (nSPS) is 13.8. The molecular formula is C20H18ClNO. The van der Waals surface area contributed by atoms with Crippen molar-refractivity contribution in [1.82, 2.24) is 4.98 Å². The first-order chi connectivity index (χ1) is 11.3. The quantitative estimate of drug-likeness (QED) is 0.648. The minimum atomic E-state index is 0.486. The number of pyridine rings is 1. The lowest BCUT2D eigenvalue weighted by Crippen LogP contribution is -2.09. The third-order valence-electron chi connectivity index (χ3n) is 4.45. The summed E-state index contributed by atoms with van der Waals surface area (Å²) in [6.07, 6.45) is 4.51. The highest BCUT2D eigenvalue weighted by molar-refractivity contribution is 6.31. The number of nitrogens with zero attached hydrogens (tertiary/aromatic N) is 1. The molecule has 2 nitrogen and oxygen atoms in total. The minimum absolute atomic E-state index is 0.486. The fourth-order valence-electron chi connectivity index (χ4n) is 3.26. The van der Waals surface area contributed by atoms with E-state index in [0.717, 1.165) is 40.1 Å². The van der Waals surface area contributed by atoms with Gasteiger partial charge in [0, 0.05) is 27.2 Å². The molecule has 3 aromatic rings. The predicted octanol–water partition coefficient (Wildman–Crippen LogP) is 5.35. The summed E-state index contributed by atoms with van der Waals surface area (Å²) >= 11 is 6.26. The summed E-state index contributed by atoms with van der Waals surface area (Å²) in [5.41, 5.74) is 4.51. The summed E-state index contributed by atoms with van der Waals surface area (Å²) in [5, 5.41) is 1.85. The molecule has 1 aliphatic carbocycles. The van der Waals surface area contributed by atoms with Crippen molar-refractivity contribution in [3.8, 4) is 5.75 Å². The Labute approximate surface area is 141 Å². The van der Waals surface area contributed by atoms with Crippen LogP contribution < -0.4 is 4.74 Å². The first kappa shape index (κ1) is 14.5. The van der Waals surface area contributed by atoms with E-state index in [1.807, 2.05) is 36.4 Å². The second kappa shape index (κ2) is 6.21. The maximum absolute atomic E-state index is 6.26. The SMILES string of the molecule is Clc1ccccc1COc1c2c(nc3ccccc13)CCCC2. The van der Waals surface area contributed by atoms with Crippen LogP contribution in [0.3, 0.4) is 0 Å². The van der Waals surface area contributed by atoms with Gasteiger partial charge in [0.15, 0.2) is 0 Å². The van der Waals surface area contributed by atoms with Crippen LogP contribution in [0.4, 0.5) is 0 Å². The molecule has 4 rings (SSSR count). The average molecular weight is 324 g/mol. The molecule has 1 aliphatic rings. The topological polar surface area (TPSA) is 22.1 Å². The molecule has 0 aliphatic heterocycles. The van der Waals surface area contributed by atoms with Crippen molar-refractivity contribution >= 4 is 22.5 Å². The monoisotopic (exact) mass is 323 g/mol. The molecule has 0 atom stereocenters. The number of rotatable bonds is 3. The van der Waals surface area contributed by atoms with Gasteiger partial charge in [0.05, 0.1) is 5.52 Å². The number of hydrogen-bond acceptors (Lipinski definition) is 2. The molecule has 0 unspecified atom stereocenters. The van der Waals surface area contributed by atoms with Crippen molar-refractivity contribution in [2.75, 3.05) is 0 Å². The summed E-state index contributed by atoms with van der Waals surface area (Å²) in [4.78, 5) is 4.84. The van der Waals surface area contributed by atoms with Gasteiger partial charge in [-0.25, -0.2) is 0 Å². The van der Waals surface area contributed by atoms with Crippen LogP contribution in [0.2, 0.25) is 5.02 Å². The highest BCUT2D eigenvalue weighted by Crippen LogP contribution is 2.35. The standard InChI is InChI=1S/C20H18ClNO/c21-17-10-4-1-7-14(17)13-23-20-15-8-2-5-11-18(15)22-19-12-6-3-9-16(19)20/h1-2,4-5,7-8,10-11H,3,6,9,12-13H2. The second-order valence-corrected chi connectivity index (χ2v) is 6.38. The lowest BCUT2D eigenvalue weighted by Gasteiger charge is -2.21. The van der Waals surface area contributed by atoms with Crippen molar-refractivity contribution in [2.45, 2.75) is 32.3 Å². The average Bonchev–Trinajstić information content (AvgIpc) is 2.60. The number of ether oxygens (including phenoxy) is 1. The predicted molar refractivity (Wildman–Crippen MR) is 94.2 cm³/mol. The summed E-state index contributed by atoms with van der Waals surface area (Å²) < 4.78 is 6.26. The summed E-state index contributed by atoms with van der Waals surface area (Å²) in [6.45, 7) is 0.486. The van der Waals surface area contributed by atoms with Crippen molar-refractivity contribution < 1.29 is 4.74 Å². The molecule has 0 fully saturated rings. The summed E-state index contributed by atoms with van der Waals surface area (Å²) in [5.74, 6) is 0.991. The Morgan fingerprint density at radius 2 is 1.74 bits per heavy atom. The van der Waals surface area contributed by atoms with Crippen LogP contribution in [0.1, 0.15) is 29.7 Å². The number of benzene rings is 2. The van der Waals surface area contributed by atoms with Gasteiger partial charge in [0.25, 0.3) is 0 Å². The minimum Gasteiger partial charge on any atom is -0.488 e. The van der Waals surface area contributed by atoms with E-state index in [-0.39, 0.29) is 0 Å². The van der Waals surface area contributed by atoms with Crippen LogP contribution in [0.15, 0.2) is 48.5 Å². The van der Waals surface area contributed by atoms with Crippen molar-refractivity contribution in [2.24, 2.45) is 0 Å². The first-order valence-corrected chi connectivity index (χ1v) is 8.47. The lowest BCUT2D eigenvalue weighted by atomic mass is 9.93. The highest BCUT2D eigenvalue weighted by Gasteiger charge is 2.19. The molecule has 0 saturated carbocycles. The third-order valence-corrected chi connectivity index (χ3v) is 4.82. The van der Waals surface area contributed by atoms with Crippen LogP contribution in [0.5, 0.6) is 5.75 Å². The lowest BCUT2D eigenvalue weighted by molar-refractivity contribution is 0.305. The maximum atomic E-state index is 6.26. The van der Waals surface area contributed by atoms with Crippen LogP contribution in [0.25, 0.3) is 10.9 Å². The molecule has 0 bridgehead atoms. The Morgan fingerprint density at radius 1 is 0.957 bits per heavy atom. The fourth-order valence-corrected chi connectivity index (χ4v) is 3.45. The Kier molecular flexibility index (Phi) is 3.92. The van der Waals surface area contributed by atoms with E-state index in [4.69, 9.17) is 21.3 Å². The van der Waals surface area contributed by atoms with E-state index in [9.17, 15) is 0 Å². The largest absolute Gasteiger partial charge is 0.488 e. The molecule has 0 saturated heterocycles. The number of halogens is 1. The molecule has 2 aromatic carbocycles. The van der Waals surface area contributed by atoms with Gasteiger partial charge in [-0.05, 0) is 43.9 Å². The Balaban J connectivity index is 1.77. The maximum Gasteiger partial charge on any atom is 0.134 e. The van der Waals surface area contributed by atoms with Crippen LogP contribution in [-0.2, 0) is 19.4 Å². The zero-order chi connectivity index (χ0) is 15.6. The molecule has 1 aromatic heterocycles. The fraction of sp³-hybridized carbons (Fsp3) is 0.250. The van der Waals surface area contributed by atoms with Crippen LogP contribution in [-0.4, -0.2) is 4.98 Å². The molecule has 23 heavy (non-hydrogen) atoms. The van der Waals surface area contributed by atoms with Gasteiger partial charge in [-0.1, -0.05) is 41.9 Å². The first-order valence-electron chi connectivity index (χ1n) is 8.09. The number of hydrogen-bond donors (Lipinski definition) is 0. The summed E-state index contributed by atoms with van der Waals surface area (Å²) in [6, 6.07) is 16.1. The van der Waals surface area contributed by atoms with Gasteiger partial charge in [-0.3, -0.25) is 4.98 Å². The van der Waals surface area contributed by atoms with Crippen molar-refractivity contribution in [3.05, 3.63) is 70.4 Å². The van der Waals surface area contributed by atoms with Gasteiger partial charge in [-0.2, -0.15) is 0 Å². The Bertz CT molecular complexity index is 859. The van der Waals surface area contributed by atoms with E-state index < -0.39 is 0 Å². The molecule has 0 radical (unpaired) electrons. The molecule has 3 heteroatoms. The van der Waals surface area contributed by atoms with Gasteiger partial charge >= 0.3 is 0 Å². The van der Waals surface area contributed by atoms with E-state index in [1.165, 1.54) is 24.1 Å². The highest BCUT2D eigenvalue weighted by atomic mass is 35.5. The second-order valence-electron chi connectivity index (χ2n) is 5.97. The van der Waals surface area contributed by atoms with Gasteiger partial charge < -0.3 is 4.74 Å². The summed E-state index contributed by atoms with van der Waals surface area (Å²) in [7, 11) is 0. The van der Waals surface area contributed by atoms with E-state index in [2.05, 4.69) is 12.1 Å². The zero-order valence-corrected chi connectivity index (χ0v) is 13.6. The van der Waals surface area contributed by atoms with E-state index >= 15 is 0 Å². The van der Waals surface area contributed by atoms with Crippen molar-refractivity contribution in [1.29, 1.82) is 0 Å². The number of fused-ring (bicyclic) bond motifs is 2. The molecule has 0 N–H and O–H groups in total. The van der Waals surface area contributed by atoms with Gasteiger partial charge in [0.1, 0.15) is 12.4 Å². The van der Waals surface area contributed by atoms with Gasteiger partial charge in [-0.15, -0.1) is 0 Å². The van der Waals surface area contributed by atoms with Crippen LogP contribution >= 0.6 is 11.6 Å². The third kappa shape index (κ3) is 2.79. The van der Waals surface area contributed by atoms with Gasteiger partial charge in [0.2, 0.25) is 0 Å². The number of para-hydroxylation sites is 1. The van der Waals surface area contributed by atoms with E-state index in [1.54, 1.807) is 0 Å². The molecule has 116 valence electrons. The molecular weight excluding hydrogens is 306 g/mol.